The molecule has 0 amide bonds. The summed E-state index contributed by atoms with van der Waals surface area (Å²) in [5, 5.41) is 14.4. The smallest absolute Gasteiger partial charge is 0.362 e. The maximum absolute atomic E-state index is 12.9. The fourth-order valence-electron chi connectivity index (χ4n) is 2.68. The molecule has 0 unspecified atom stereocenters. The van der Waals surface area contributed by atoms with Crippen LogP contribution in [-0.4, -0.2) is 31.2 Å². The van der Waals surface area contributed by atoms with Crippen LogP contribution in [0.3, 0.4) is 0 Å². The predicted octanol–water partition coefficient (Wildman–Crippen LogP) is 3.20. The van der Waals surface area contributed by atoms with Gasteiger partial charge in [-0.05, 0) is 44.5 Å². The van der Waals surface area contributed by atoms with Crippen LogP contribution >= 0.6 is 12.2 Å². The lowest BCUT2D eigenvalue weighted by molar-refractivity contribution is -0.141. The zero-order valence-electron chi connectivity index (χ0n) is 14.6. The van der Waals surface area contributed by atoms with Gasteiger partial charge in [0.25, 0.3) is 0 Å². The second-order valence-corrected chi connectivity index (χ2v) is 6.86. The van der Waals surface area contributed by atoms with Gasteiger partial charge in [0.15, 0.2) is 10.8 Å². The van der Waals surface area contributed by atoms with Crippen LogP contribution in [0.4, 0.5) is 18.9 Å². The highest BCUT2D eigenvalue weighted by Crippen LogP contribution is 2.42. The van der Waals surface area contributed by atoms with E-state index in [0.717, 1.165) is 24.2 Å². The lowest BCUT2D eigenvalue weighted by Crippen LogP contribution is -2.30. The van der Waals surface area contributed by atoms with E-state index in [1.165, 1.54) is 10.7 Å². The van der Waals surface area contributed by atoms with Gasteiger partial charge in [-0.25, -0.2) is 0 Å². The van der Waals surface area contributed by atoms with Crippen molar-refractivity contribution >= 4 is 23.0 Å². The normalized spacial score (nSPS) is 14.5. The van der Waals surface area contributed by atoms with E-state index in [2.05, 4.69) is 20.8 Å². The topological polar surface area (TPSA) is 59.7 Å². The molecule has 1 aliphatic carbocycles. The van der Waals surface area contributed by atoms with E-state index in [1.807, 2.05) is 14.0 Å². The van der Waals surface area contributed by atoms with Crippen molar-refractivity contribution in [2.75, 3.05) is 11.9 Å². The highest BCUT2D eigenvalue weighted by Gasteiger charge is 2.37. The van der Waals surface area contributed by atoms with Gasteiger partial charge in [-0.15, -0.1) is 0 Å². The van der Waals surface area contributed by atoms with Crippen LogP contribution in [0.15, 0.2) is 12.3 Å². The average molecular weight is 386 g/mol. The Hall–Kier alpha value is -2.10. The Labute approximate surface area is 154 Å². The third-order valence-corrected chi connectivity index (χ3v) is 4.66. The van der Waals surface area contributed by atoms with Gasteiger partial charge in [0, 0.05) is 31.7 Å². The van der Waals surface area contributed by atoms with Crippen molar-refractivity contribution < 1.29 is 13.2 Å². The molecule has 0 radical (unpaired) electrons. The van der Waals surface area contributed by atoms with E-state index >= 15 is 0 Å². The molecule has 10 heteroatoms. The lowest BCUT2D eigenvalue weighted by atomic mass is 10.2. The number of aryl methyl sites for hydroxylation is 2. The standard InChI is InChI=1S/C16H21F3N6S/c1-10-12(9-21-24(10)2)22-15(26)20-6-3-7-25-13(11-4-5-11)8-14(23-25)16(17,18)19/h8-9,11H,3-7H2,1-2H3,(H2,20,22,26). The zero-order valence-corrected chi connectivity index (χ0v) is 15.4. The molecular formula is C16H21F3N6S. The molecule has 1 fully saturated rings. The molecule has 0 aliphatic heterocycles. The van der Waals surface area contributed by atoms with E-state index in [1.54, 1.807) is 10.9 Å². The summed E-state index contributed by atoms with van der Waals surface area (Å²) in [6, 6.07) is 1.18. The van der Waals surface area contributed by atoms with E-state index < -0.39 is 11.9 Å². The second-order valence-electron chi connectivity index (χ2n) is 6.45. The van der Waals surface area contributed by atoms with Gasteiger partial charge in [0.05, 0.1) is 17.6 Å². The van der Waals surface area contributed by atoms with Gasteiger partial charge in [0.1, 0.15) is 0 Å². The molecule has 2 aromatic heterocycles. The van der Waals surface area contributed by atoms with E-state index in [-0.39, 0.29) is 5.92 Å². The van der Waals surface area contributed by atoms with Crippen molar-refractivity contribution in [1.29, 1.82) is 0 Å². The molecule has 0 atom stereocenters. The largest absolute Gasteiger partial charge is 0.435 e. The number of hydrogen-bond acceptors (Lipinski definition) is 3. The van der Waals surface area contributed by atoms with Crippen LogP contribution in [0, 0.1) is 6.92 Å². The molecule has 6 nitrogen and oxygen atoms in total. The molecule has 1 saturated carbocycles. The third kappa shape index (κ3) is 4.35. The van der Waals surface area contributed by atoms with Gasteiger partial charge in [0.2, 0.25) is 0 Å². The van der Waals surface area contributed by atoms with E-state index in [0.29, 0.717) is 30.3 Å². The molecule has 2 aromatic rings. The van der Waals surface area contributed by atoms with Crippen LogP contribution < -0.4 is 10.6 Å². The summed E-state index contributed by atoms with van der Waals surface area (Å²) >= 11 is 5.23. The lowest BCUT2D eigenvalue weighted by Gasteiger charge is -2.11. The molecule has 0 saturated heterocycles. The Morgan fingerprint density at radius 2 is 2.12 bits per heavy atom. The number of hydrogen-bond donors (Lipinski definition) is 2. The Bertz CT molecular complexity index is 790. The Morgan fingerprint density at radius 3 is 2.69 bits per heavy atom. The first-order valence-corrected chi connectivity index (χ1v) is 8.85. The molecule has 26 heavy (non-hydrogen) atoms. The van der Waals surface area contributed by atoms with Gasteiger partial charge >= 0.3 is 6.18 Å². The minimum absolute atomic E-state index is 0.211. The summed E-state index contributed by atoms with van der Waals surface area (Å²) in [4.78, 5) is 0. The number of alkyl halides is 3. The van der Waals surface area contributed by atoms with Crippen LogP contribution in [0.2, 0.25) is 0 Å². The number of aromatic nitrogens is 4. The summed E-state index contributed by atoms with van der Waals surface area (Å²) in [5.74, 6) is 0.211. The van der Waals surface area contributed by atoms with Crippen molar-refractivity contribution in [3.05, 3.63) is 29.3 Å². The second kappa shape index (κ2) is 7.26. The summed E-state index contributed by atoms with van der Waals surface area (Å²) in [6.45, 7) is 2.88. The van der Waals surface area contributed by atoms with Crippen LogP contribution in [0.1, 0.15) is 42.3 Å². The van der Waals surface area contributed by atoms with Crippen molar-refractivity contribution in [2.45, 2.75) is 44.8 Å². The van der Waals surface area contributed by atoms with Crippen LogP contribution in [0.25, 0.3) is 0 Å². The summed E-state index contributed by atoms with van der Waals surface area (Å²) in [6.07, 6.45) is -0.236. The molecule has 0 spiro atoms. The molecule has 142 valence electrons. The summed E-state index contributed by atoms with van der Waals surface area (Å²) in [5.41, 5.74) is 1.66. The maximum Gasteiger partial charge on any atom is 0.435 e. The summed E-state index contributed by atoms with van der Waals surface area (Å²) < 4.78 is 41.9. The molecule has 2 N–H and O–H groups in total. The number of thiocarbonyl (C=S) groups is 1. The number of rotatable bonds is 6. The van der Waals surface area contributed by atoms with Crippen molar-refractivity contribution in [3.63, 3.8) is 0 Å². The molecule has 3 rings (SSSR count). The first-order chi connectivity index (χ1) is 12.3. The molecule has 0 aromatic carbocycles. The van der Waals surface area contributed by atoms with Gasteiger partial charge < -0.3 is 10.6 Å². The first-order valence-electron chi connectivity index (χ1n) is 8.44. The van der Waals surface area contributed by atoms with Gasteiger partial charge in [-0.1, -0.05) is 0 Å². The fourth-order valence-corrected chi connectivity index (χ4v) is 2.89. The highest BCUT2D eigenvalue weighted by molar-refractivity contribution is 7.80. The minimum atomic E-state index is -4.40. The van der Waals surface area contributed by atoms with E-state index in [9.17, 15) is 13.2 Å². The minimum Gasteiger partial charge on any atom is -0.362 e. The summed E-state index contributed by atoms with van der Waals surface area (Å²) in [7, 11) is 1.84. The highest BCUT2D eigenvalue weighted by atomic mass is 32.1. The molecule has 2 heterocycles. The van der Waals surface area contributed by atoms with Gasteiger partial charge in [-0.3, -0.25) is 9.36 Å². The van der Waals surface area contributed by atoms with Crippen molar-refractivity contribution in [2.24, 2.45) is 7.05 Å². The number of nitrogens with one attached hydrogen (secondary N) is 2. The van der Waals surface area contributed by atoms with Crippen molar-refractivity contribution in [3.8, 4) is 0 Å². The Kier molecular flexibility index (Phi) is 5.22. The molecular weight excluding hydrogens is 365 g/mol. The first kappa shape index (κ1) is 18.7. The average Bonchev–Trinajstić information content (AvgIpc) is 3.25. The molecule has 0 bridgehead atoms. The SMILES string of the molecule is Cc1c(NC(=S)NCCCn2nc(C(F)(F)F)cc2C2CC2)cnn1C. The Balaban J connectivity index is 1.50. The predicted molar refractivity (Wildman–Crippen MR) is 96.0 cm³/mol. The maximum atomic E-state index is 12.9. The number of anilines is 1. The van der Waals surface area contributed by atoms with Crippen molar-refractivity contribution in [1.82, 2.24) is 24.9 Å². The van der Waals surface area contributed by atoms with Gasteiger partial charge in [-0.2, -0.15) is 23.4 Å². The number of halogens is 3. The quantitative estimate of drug-likeness (QED) is 0.590. The third-order valence-electron chi connectivity index (χ3n) is 4.41. The van der Waals surface area contributed by atoms with Crippen LogP contribution in [-0.2, 0) is 19.8 Å². The zero-order chi connectivity index (χ0) is 18.9. The fraction of sp³-hybridized carbons (Fsp3) is 0.562. The molecule has 1 aliphatic rings. The Morgan fingerprint density at radius 1 is 1.38 bits per heavy atom. The monoisotopic (exact) mass is 386 g/mol. The van der Waals surface area contributed by atoms with E-state index in [4.69, 9.17) is 12.2 Å². The number of nitrogens with zero attached hydrogens (tertiary/aromatic N) is 4. The van der Waals surface area contributed by atoms with Crippen LogP contribution in [0.5, 0.6) is 0 Å².